The van der Waals surface area contributed by atoms with Crippen LogP contribution in [0.25, 0.3) is 0 Å². The molecule has 0 saturated carbocycles. The highest BCUT2D eigenvalue weighted by Crippen LogP contribution is 2.15. The lowest BCUT2D eigenvalue weighted by atomic mass is 10.2. The molecule has 1 aromatic carbocycles. The number of halogens is 1. The van der Waals surface area contributed by atoms with Crippen LogP contribution in [-0.4, -0.2) is 41.1 Å². The molecule has 1 heterocycles. The average molecular weight is 366 g/mol. The van der Waals surface area contributed by atoms with Gasteiger partial charge in [0.15, 0.2) is 5.82 Å². The first-order valence-electron chi connectivity index (χ1n) is 8.52. The maximum Gasteiger partial charge on any atom is 0.226 e. The summed E-state index contributed by atoms with van der Waals surface area (Å²) < 4.78 is 10.7. The standard InChI is InChI=1S/C18H24ClN3O3/c1-3-16-20-17(25-21-16)6-4-7-18(23)22(2)12-5-13-24-15-10-8-14(19)9-11-15/h8-11H,3-7,12-13H2,1-2H3. The van der Waals surface area contributed by atoms with Gasteiger partial charge in [0, 0.05) is 37.9 Å². The third-order valence-corrected chi connectivity index (χ3v) is 4.01. The summed E-state index contributed by atoms with van der Waals surface area (Å²) >= 11 is 5.83. The molecule has 2 aromatic rings. The van der Waals surface area contributed by atoms with Crippen molar-refractivity contribution in [2.75, 3.05) is 20.2 Å². The van der Waals surface area contributed by atoms with Crippen LogP contribution in [0.4, 0.5) is 0 Å². The Hall–Kier alpha value is -2.08. The van der Waals surface area contributed by atoms with Crippen LogP contribution in [0.2, 0.25) is 5.02 Å². The Kier molecular flexibility index (Phi) is 7.73. The van der Waals surface area contributed by atoms with E-state index >= 15 is 0 Å². The molecular formula is C18H24ClN3O3. The van der Waals surface area contributed by atoms with Gasteiger partial charge in [-0.15, -0.1) is 0 Å². The molecule has 136 valence electrons. The third kappa shape index (κ3) is 6.74. The molecule has 0 radical (unpaired) electrons. The quantitative estimate of drug-likeness (QED) is 0.602. The molecule has 0 fully saturated rings. The van der Waals surface area contributed by atoms with E-state index in [2.05, 4.69) is 10.1 Å². The summed E-state index contributed by atoms with van der Waals surface area (Å²) in [6, 6.07) is 7.25. The van der Waals surface area contributed by atoms with Gasteiger partial charge in [-0.3, -0.25) is 4.79 Å². The molecule has 0 unspecified atom stereocenters. The van der Waals surface area contributed by atoms with Crippen molar-refractivity contribution in [2.45, 2.75) is 39.0 Å². The van der Waals surface area contributed by atoms with Gasteiger partial charge in [-0.25, -0.2) is 0 Å². The number of benzene rings is 1. The zero-order valence-corrected chi connectivity index (χ0v) is 15.5. The second-order valence-corrected chi connectivity index (χ2v) is 6.22. The summed E-state index contributed by atoms with van der Waals surface area (Å²) in [6.07, 6.45) is 3.33. The number of amides is 1. The first-order valence-corrected chi connectivity index (χ1v) is 8.90. The molecule has 6 nitrogen and oxygen atoms in total. The van der Waals surface area contributed by atoms with Crippen LogP contribution < -0.4 is 4.74 Å². The Balaban J connectivity index is 1.58. The third-order valence-electron chi connectivity index (χ3n) is 3.75. The van der Waals surface area contributed by atoms with E-state index in [1.807, 2.05) is 26.1 Å². The lowest BCUT2D eigenvalue weighted by Crippen LogP contribution is -2.28. The van der Waals surface area contributed by atoms with Gasteiger partial charge in [-0.2, -0.15) is 4.98 Å². The molecule has 2 rings (SSSR count). The topological polar surface area (TPSA) is 68.5 Å². The first-order chi connectivity index (χ1) is 12.1. The highest BCUT2D eigenvalue weighted by molar-refractivity contribution is 6.30. The lowest BCUT2D eigenvalue weighted by molar-refractivity contribution is -0.130. The molecule has 0 aliphatic rings. The minimum absolute atomic E-state index is 0.113. The molecule has 0 aliphatic carbocycles. The smallest absolute Gasteiger partial charge is 0.226 e. The molecule has 7 heteroatoms. The largest absolute Gasteiger partial charge is 0.494 e. The van der Waals surface area contributed by atoms with E-state index in [0.29, 0.717) is 49.2 Å². The van der Waals surface area contributed by atoms with Gasteiger partial charge in [0.2, 0.25) is 11.8 Å². The van der Waals surface area contributed by atoms with Crippen LogP contribution in [0.15, 0.2) is 28.8 Å². The van der Waals surface area contributed by atoms with E-state index in [1.54, 1.807) is 17.0 Å². The molecule has 0 atom stereocenters. The molecule has 0 N–H and O–H groups in total. The van der Waals surface area contributed by atoms with Crippen molar-refractivity contribution in [1.82, 2.24) is 15.0 Å². The molecule has 0 saturated heterocycles. The summed E-state index contributed by atoms with van der Waals surface area (Å²) in [5.74, 6) is 2.20. The van der Waals surface area contributed by atoms with Crippen molar-refractivity contribution < 1.29 is 14.1 Å². The van der Waals surface area contributed by atoms with Crippen molar-refractivity contribution >= 4 is 17.5 Å². The van der Waals surface area contributed by atoms with E-state index in [-0.39, 0.29) is 5.91 Å². The minimum Gasteiger partial charge on any atom is -0.494 e. The van der Waals surface area contributed by atoms with E-state index in [1.165, 1.54) is 0 Å². The number of aromatic nitrogens is 2. The van der Waals surface area contributed by atoms with Crippen molar-refractivity contribution in [3.63, 3.8) is 0 Å². The van der Waals surface area contributed by atoms with Gasteiger partial charge < -0.3 is 14.2 Å². The van der Waals surface area contributed by atoms with Gasteiger partial charge in [0.05, 0.1) is 6.61 Å². The second-order valence-electron chi connectivity index (χ2n) is 5.78. The van der Waals surface area contributed by atoms with Crippen LogP contribution in [0.5, 0.6) is 5.75 Å². The number of aryl methyl sites for hydroxylation is 2. The van der Waals surface area contributed by atoms with Gasteiger partial charge in [-0.05, 0) is 37.1 Å². The highest BCUT2D eigenvalue weighted by atomic mass is 35.5. The number of ether oxygens (including phenoxy) is 1. The second kappa shape index (κ2) is 10.0. The Labute approximate surface area is 153 Å². The number of hydrogen-bond donors (Lipinski definition) is 0. The van der Waals surface area contributed by atoms with Gasteiger partial charge in [-0.1, -0.05) is 23.7 Å². The van der Waals surface area contributed by atoms with Crippen LogP contribution in [0.1, 0.15) is 37.9 Å². The Morgan fingerprint density at radius 1 is 1.28 bits per heavy atom. The Bertz CT molecular complexity index is 658. The lowest BCUT2D eigenvalue weighted by Gasteiger charge is -2.17. The van der Waals surface area contributed by atoms with E-state index in [9.17, 15) is 4.79 Å². The average Bonchev–Trinajstić information content (AvgIpc) is 3.08. The summed E-state index contributed by atoms with van der Waals surface area (Å²) in [5.41, 5.74) is 0. The number of nitrogens with zero attached hydrogens (tertiary/aromatic N) is 3. The molecule has 0 spiro atoms. The van der Waals surface area contributed by atoms with Crippen molar-refractivity contribution in [3.8, 4) is 5.75 Å². The fraction of sp³-hybridized carbons (Fsp3) is 0.500. The molecule has 1 amide bonds. The van der Waals surface area contributed by atoms with Crippen molar-refractivity contribution in [2.24, 2.45) is 0 Å². The molecule has 0 bridgehead atoms. The highest BCUT2D eigenvalue weighted by Gasteiger charge is 2.10. The SMILES string of the molecule is CCc1noc(CCCC(=O)N(C)CCCOc2ccc(Cl)cc2)n1. The van der Waals surface area contributed by atoms with Gasteiger partial charge in [0.25, 0.3) is 0 Å². The molecule has 25 heavy (non-hydrogen) atoms. The Morgan fingerprint density at radius 2 is 2.04 bits per heavy atom. The summed E-state index contributed by atoms with van der Waals surface area (Å²) in [6.45, 7) is 3.19. The minimum atomic E-state index is 0.113. The summed E-state index contributed by atoms with van der Waals surface area (Å²) in [4.78, 5) is 18.1. The fourth-order valence-electron chi connectivity index (χ4n) is 2.26. The number of hydrogen-bond acceptors (Lipinski definition) is 5. The number of rotatable bonds is 10. The molecule has 0 aliphatic heterocycles. The normalized spacial score (nSPS) is 10.7. The number of carbonyl (C=O) groups excluding carboxylic acids is 1. The zero-order chi connectivity index (χ0) is 18.1. The van der Waals surface area contributed by atoms with Crippen molar-refractivity contribution in [3.05, 3.63) is 41.0 Å². The fourth-order valence-corrected chi connectivity index (χ4v) is 2.39. The van der Waals surface area contributed by atoms with E-state index in [4.69, 9.17) is 20.9 Å². The number of carbonyl (C=O) groups is 1. The predicted octanol–water partition coefficient (Wildman–Crippen LogP) is 3.54. The maximum atomic E-state index is 12.1. The van der Waals surface area contributed by atoms with Crippen LogP contribution in [-0.2, 0) is 17.6 Å². The maximum absolute atomic E-state index is 12.1. The zero-order valence-electron chi connectivity index (χ0n) is 14.7. The van der Waals surface area contributed by atoms with Crippen LogP contribution in [0, 0.1) is 0 Å². The van der Waals surface area contributed by atoms with Crippen molar-refractivity contribution in [1.29, 1.82) is 0 Å². The van der Waals surface area contributed by atoms with E-state index < -0.39 is 0 Å². The van der Waals surface area contributed by atoms with Crippen LogP contribution >= 0.6 is 11.6 Å². The Morgan fingerprint density at radius 3 is 2.72 bits per heavy atom. The summed E-state index contributed by atoms with van der Waals surface area (Å²) in [7, 11) is 1.81. The first kappa shape index (κ1) is 19.2. The molecular weight excluding hydrogens is 342 g/mol. The van der Waals surface area contributed by atoms with Gasteiger partial charge >= 0.3 is 0 Å². The van der Waals surface area contributed by atoms with Gasteiger partial charge in [0.1, 0.15) is 5.75 Å². The monoisotopic (exact) mass is 365 g/mol. The van der Waals surface area contributed by atoms with E-state index in [0.717, 1.165) is 18.6 Å². The summed E-state index contributed by atoms with van der Waals surface area (Å²) in [5, 5.41) is 4.53. The molecule has 1 aromatic heterocycles. The van der Waals surface area contributed by atoms with Crippen LogP contribution in [0.3, 0.4) is 0 Å². The predicted molar refractivity (Wildman–Crippen MR) is 95.8 cm³/mol.